The summed E-state index contributed by atoms with van der Waals surface area (Å²) in [6.07, 6.45) is 2.93. The van der Waals surface area contributed by atoms with Crippen LogP contribution in [-0.2, 0) is 0 Å². The lowest BCUT2D eigenvalue weighted by Crippen LogP contribution is -2.18. The van der Waals surface area contributed by atoms with Crippen LogP contribution in [0.1, 0.15) is 16.1 Å². The zero-order chi connectivity index (χ0) is 14.4. The minimum atomic E-state index is -0.382. The van der Waals surface area contributed by atoms with Gasteiger partial charge in [0.1, 0.15) is 17.3 Å². The number of carbonyl (C=O) groups excluding carboxylic acids is 1. The van der Waals surface area contributed by atoms with Crippen LogP contribution < -0.4 is 14.9 Å². The van der Waals surface area contributed by atoms with Crippen LogP contribution in [0.3, 0.4) is 0 Å². The minimum Gasteiger partial charge on any atom is -0.497 e. The van der Waals surface area contributed by atoms with E-state index in [2.05, 4.69) is 10.5 Å². The standard InChI is InChI=1S/C14H14N2O4/c1-18-10-5-6-12(13(8-10)19-2)14(17)16-15-9-11-4-3-7-20-11/h3-9H,1-2H3,(H,16,17). The Morgan fingerprint density at radius 3 is 2.80 bits per heavy atom. The Bertz CT molecular complexity index is 606. The number of nitrogens with zero attached hydrogens (tertiary/aromatic N) is 1. The van der Waals surface area contributed by atoms with Gasteiger partial charge in [0.15, 0.2) is 0 Å². The summed E-state index contributed by atoms with van der Waals surface area (Å²) in [5.74, 6) is 1.19. The Morgan fingerprint density at radius 1 is 1.30 bits per heavy atom. The molecule has 0 spiro atoms. The van der Waals surface area contributed by atoms with Gasteiger partial charge in [-0.1, -0.05) is 0 Å². The third-order valence-corrected chi connectivity index (χ3v) is 2.55. The van der Waals surface area contributed by atoms with Crippen molar-refractivity contribution >= 4 is 12.1 Å². The van der Waals surface area contributed by atoms with Gasteiger partial charge in [-0.25, -0.2) is 5.43 Å². The van der Waals surface area contributed by atoms with E-state index in [0.717, 1.165) is 0 Å². The monoisotopic (exact) mass is 274 g/mol. The molecule has 0 radical (unpaired) electrons. The number of hydrogen-bond donors (Lipinski definition) is 1. The van der Waals surface area contributed by atoms with Gasteiger partial charge in [-0.05, 0) is 24.3 Å². The molecule has 104 valence electrons. The number of carbonyl (C=O) groups is 1. The molecule has 1 aromatic carbocycles. The number of methoxy groups -OCH3 is 2. The van der Waals surface area contributed by atoms with Gasteiger partial charge in [0.05, 0.1) is 32.3 Å². The van der Waals surface area contributed by atoms with Crippen LogP contribution >= 0.6 is 0 Å². The average molecular weight is 274 g/mol. The van der Waals surface area contributed by atoms with Crippen LogP contribution in [0.25, 0.3) is 0 Å². The van der Waals surface area contributed by atoms with E-state index >= 15 is 0 Å². The smallest absolute Gasteiger partial charge is 0.275 e. The van der Waals surface area contributed by atoms with E-state index in [4.69, 9.17) is 13.9 Å². The molecule has 0 unspecified atom stereocenters. The van der Waals surface area contributed by atoms with Crippen molar-refractivity contribution < 1.29 is 18.7 Å². The maximum atomic E-state index is 12.0. The molecule has 6 heteroatoms. The third kappa shape index (κ3) is 3.17. The highest BCUT2D eigenvalue weighted by Gasteiger charge is 2.12. The molecule has 0 aliphatic heterocycles. The number of furan rings is 1. The van der Waals surface area contributed by atoms with E-state index in [1.807, 2.05) is 0 Å². The first-order valence-electron chi connectivity index (χ1n) is 5.83. The Hall–Kier alpha value is -2.76. The van der Waals surface area contributed by atoms with Crippen molar-refractivity contribution in [2.75, 3.05) is 14.2 Å². The molecule has 1 amide bonds. The molecule has 0 fully saturated rings. The first kappa shape index (κ1) is 13.7. The highest BCUT2D eigenvalue weighted by molar-refractivity contribution is 5.97. The molecule has 2 aromatic rings. The van der Waals surface area contributed by atoms with Gasteiger partial charge >= 0.3 is 0 Å². The topological polar surface area (TPSA) is 73.1 Å². The summed E-state index contributed by atoms with van der Waals surface area (Å²) in [5.41, 5.74) is 2.76. The van der Waals surface area contributed by atoms with E-state index in [1.165, 1.54) is 19.6 Å². The molecule has 1 N–H and O–H groups in total. The number of amides is 1. The quantitative estimate of drug-likeness (QED) is 0.669. The summed E-state index contributed by atoms with van der Waals surface area (Å²) >= 11 is 0. The lowest BCUT2D eigenvalue weighted by atomic mass is 10.2. The summed E-state index contributed by atoms with van der Waals surface area (Å²) < 4.78 is 15.3. The fraction of sp³-hybridized carbons (Fsp3) is 0.143. The predicted octanol–water partition coefficient (Wildman–Crippen LogP) is 2.06. The second kappa shape index (κ2) is 6.42. The number of benzene rings is 1. The molecule has 1 heterocycles. The van der Waals surface area contributed by atoms with E-state index in [-0.39, 0.29) is 5.91 Å². The highest BCUT2D eigenvalue weighted by atomic mass is 16.5. The summed E-state index contributed by atoms with van der Waals surface area (Å²) in [4.78, 5) is 12.0. The molecule has 1 aromatic heterocycles. The number of rotatable bonds is 5. The summed E-state index contributed by atoms with van der Waals surface area (Å²) in [7, 11) is 3.03. The Kier molecular flexibility index (Phi) is 4.39. The molecule has 0 atom stereocenters. The molecule has 2 rings (SSSR count). The number of ether oxygens (including phenoxy) is 2. The molecule has 0 bridgehead atoms. The molecule has 0 saturated heterocycles. The fourth-order valence-corrected chi connectivity index (χ4v) is 1.57. The van der Waals surface area contributed by atoms with E-state index in [0.29, 0.717) is 22.8 Å². The van der Waals surface area contributed by atoms with Crippen molar-refractivity contribution in [1.29, 1.82) is 0 Å². The fourth-order valence-electron chi connectivity index (χ4n) is 1.57. The Morgan fingerprint density at radius 2 is 2.15 bits per heavy atom. The normalized spacial score (nSPS) is 10.5. The number of hydrazone groups is 1. The van der Waals surface area contributed by atoms with Crippen molar-refractivity contribution in [3.63, 3.8) is 0 Å². The SMILES string of the molecule is COc1ccc(C(=O)NN=Cc2ccco2)c(OC)c1. The maximum absolute atomic E-state index is 12.0. The first-order valence-corrected chi connectivity index (χ1v) is 5.83. The number of nitrogens with one attached hydrogen (secondary N) is 1. The summed E-state index contributed by atoms with van der Waals surface area (Å²) in [6, 6.07) is 8.37. The molecule has 0 saturated carbocycles. The van der Waals surface area contributed by atoms with Gasteiger partial charge in [0.25, 0.3) is 5.91 Å². The lowest BCUT2D eigenvalue weighted by Gasteiger charge is -2.08. The van der Waals surface area contributed by atoms with Crippen molar-refractivity contribution in [2.24, 2.45) is 5.10 Å². The average Bonchev–Trinajstić information content (AvgIpc) is 2.99. The van der Waals surface area contributed by atoms with Gasteiger partial charge in [-0.3, -0.25) is 4.79 Å². The van der Waals surface area contributed by atoms with Gasteiger partial charge in [-0.15, -0.1) is 0 Å². The predicted molar refractivity (Wildman–Crippen MR) is 73.3 cm³/mol. The van der Waals surface area contributed by atoms with Gasteiger partial charge in [0, 0.05) is 6.07 Å². The molecule has 0 aliphatic carbocycles. The summed E-state index contributed by atoms with van der Waals surface area (Å²) in [6.45, 7) is 0. The van der Waals surface area contributed by atoms with Crippen molar-refractivity contribution in [3.05, 3.63) is 47.9 Å². The van der Waals surface area contributed by atoms with E-state index in [9.17, 15) is 4.79 Å². The molecular weight excluding hydrogens is 260 g/mol. The maximum Gasteiger partial charge on any atom is 0.275 e. The molecule has 6 nitrogen and oxygen atoms in total. The zero-order valence-corrected chi connectivity index (χ0v) is 11.1. The number of hydrogen-bond acceptors (Lipinski definition) is 5. The highest BCUT2D eigenvalue weighted by Crippen LogP contribution is 2.24. The lowest BCUT2D eigenvalue weighted by molar-refractivity contribution is 0.0952. The van der Waals surface area contributed by atoms with Crippen LogP contribution in [-0.4, -0.2) is 26.3 Å². The van der Waals surface area contributed by atoms with Crippen LogP contribution in [0.2, 0.25) is 0 Å². The molecule has 20 heavy (non-hydrogen) atoms. The van der Waals surface area contributed by atoms with Gasteiger partial charge in [-0.2, -0.15) is 5.10 Å². The second-order valence-electron chi connectivity index (χ2n) is 3.78. The van der Waals surface area contributed by atoms with Crippen molar-refractivity contribution in [1.82, 2.24) is 5.43 Å². The minimum absolute atomic E-state index is 0.366. The van der Waals surface area contributed by atoms with Crippen LogP contribution in [0.4, 0.5) is 0 Å². The van der Waals surface area contributed by atoms with E-state index < -0.39 is 0 Å². The molecular formula is C14H14N2O4. The molecule has 0 aliphatic rings. The zero-order valence-electron chi connectivity index (χ0n) is 11.1. The Labute approximate surface area is 116 Å². The van der Waals surface area contributed by atoms with Gasteiger partial charge in [0.2, 0.25) is 0 Å². The van der Waals surface area contributed by atoms with Gasteiger partial charge < -0.3 is 13.9 Å². The van der Waals surface area contributed by atoms with Crippen LogP contribution in [0.15, 0.2) is 46.1 Å². The second-order valence-corrected chi connectivity index (χ2v) is 3.78. The van der Waals surface area contributed by atoms with Crippen molar-refractivity contribution in [2.45, 2.75) is 0 Å². The largest absolute Gasteiger partial charge is 0.497 e. The Balaban J connectivity index is 2.09. The van der Waals surface area contributed by atoms with Crippen LogP contribution in [0, 0.1) is 0 Å². The van der Waals surface area contributed by atoms with Crippen molar-refractivity contribution in [3.8, 4) is 11.5 Å². The van der Waals surface area contributed by atoms with Crippen LogP contribution in [0.5, 0.6) is 11.5 Å². The first-order chi connectivity index (χ1) is 9.74. The third-order valence-electron chi connectivity index (χ3n) is 2.55. The van der Waals surface area contributed by atoms with E-state index in [1.54, 1.807) is 37.4 Å². The summed E-state index contributed by atoms with van der Waals surface area (Å²) in [5, 5.41) is 3.80.